The molecule has 0 spiro atoms. The fourth-order valence-corrected chi connectivity index (χ4v) is 2.57. The highest BCUT2D eigenvalue weighted by Crippen LogP contribution is 2.27. The number of rotatable bonds is 7. The molecular formula is C18H25N3O3. The van der Waals surface area contributed by atoms with E-state index in [1.807, 2.05) is 49.7 Å². The Morgan fingerprint density at radius 1 is 1.21 bits per heavy atom. The summed E-state index contributed by atoms with van der Waals surface area (Å²) in [5, 5.41) is 7.26. The summed E-state index contributed by atoms with van der Waals surface area (Å²) in [4.78, 5) is 12.2. The van der Waals surface area contributed by atoms with Crippen molar-refractivity contribution in [1.29, 1.82) is 0 Å². The molecule has 1 aromatic heterocycles. The largest absolute Gasteiger partial charge is 0.493 e. The van der Waals surface area contributed by atoms with Crippen molar-refractivity contribution in [3.05, 3.63) is 41.2 Å². The van der Waals surface area contributed by atoms with Crippen molar-refractivity contribution in [3.63, 3.8) is 0 Å². The molecule has 0 atom stereocenters. The SMILES string of the molecule is COc1ccc(CCNC(=O)c2cc(C)n(C(C)C)n2)cc1OC. The molecule has 24 heavy (non-hydrogen) atoms. The molecule has 1 aromatic carbocycles. The zero-order valence-electron chi connectivity index (χ0n) is 14.9. The average Bonchev–Trinajstić information content (AvgIpc) is 2.96. The molecule has 0 aliphatic rings. The van der Waals surface area contributed by atoms with Gasteiger partial charge in [-0.15, -0.1) is 0 Å². The van der Waals surface area contributed by atoms with Gasteiger partial charge in [0.1, 0.15) is 5.69 Å². The van der Waals surface area contributed by atoms with E-state index in [9.17, 15) is 4.79 Å². The van der Waals surface area contributed by atoms with Crippen LogP contribution in [0.4, 0.5) is 0 Å². The van der Waals surface area contributed by atoms with Crippen molar-refractivity contribution in [3.8, 4) is 11.5 Å². The molecule has 6 nitrogen and oxygen atoms in total. The molecule has 0 aliphatic carbocycles. The van der Waals surface area contributed by atoms with Gasteiger partial charge in [0.25, 0.3) is 5.91 Å². The third-order valence-electron chi connectivity index (χ3n) is 3.79. The molecule has 2 rings (SSSR count). The van der Waals surface area contributed by atoms with E-state index in [-0.39, 0.29) is 11.9 Å². The quantitative estimate of drug-likeness (QED) is 0.847. The van der Waals surface area contributed by atoms with E-state index in [2.05, 4.69) is 10.4 Å². The van der Waals surface area contributed by atoms with Gasteiger partial charge in [-0.05, 0) is 51.0 Å². The molecule has 130 valence electrons. The van der Waals surface area contributed by atoms with Gasteiger partial charge in [-0.1, -0.05) is 6.07 Å². The van der Waals surface area contributed by atoms with Crippen molar-refractivity contribution in [2.75, 3.05) is 20.8 Å². The lowest BCUT2D eigenvalue weighted by Gasteiger charge is -2.10. The third-order valence-corrected chi connectivity index (χ3v) is 3.79. The Balaban J connectivity index is 1.94. The molecule has 0 bridgehead atoms. The monoisotopic (exact) mass is 331 g/mol. The normalized spacial score (nSPS) is 10.8. The second kappa shape index (κ2) is 7.86. The summed E-state index contributed by atoms with van der Waals surface area (Å²) in [7, 11) is 3.22. The summed E-state index contributed by atoms with van der Waals surface area (Å²) >= 11 is 0. The maximum absolute atomic E-state index is 12.2. The number of aryl methyl sites for hydroxylation is 1. The van der Waals surface area contributed by atoms with Gasteiger partial charge < -0.3 is 14.8 Å². The lowest BCUT2D eigenvalue weighted by molar-refractivity contribution is 0.0948. The summed E-state index contributed by atoms with van der Waals surface area (Å²) in [6.45, 7) is 6.56. The number of nitrogens with zero attached hydrogens (tertiary/aromatic N) is 2. The van der Waals surface area contributed by atoms with Gasteiger partial charge in [0.05, 0.1) is 14.2 Å². The van der Waals surface area contributed by atoms with Gasteiger partial charge in [-0.3, -0.25) is 9.48 Å². The molecule has 1 N–H and O–H groups in total. The Morgan fingerprint density at radius 2 is 1.92 bits per heavy atom. The fraction of sp³-hybridized carbons (Fsp3) is 0.444. The van der Waals surface area contributed by atoms with Crippen molar-refractivity contribution < 1.29 is 14.3 Å². The van der Waals surface area contributed by atoms with E-state index < -0.39 is 0 Å². The second-order valence-corrected chi connectivity index (χ2v) is 5.90. The molecular weight excluding hydrogens is 306 g/mol. The molecule has 1 heterocycles. The summed E-state index contributed by atoms with van der Waals surface area (Å²) < 4.78 is 12.4. The number of ether oxygens (including phenoxy) is 2. The minimum absolute atomic E-state index is 0.155. The van der Waals surface area contributed by atoms with E-state index in [0.29, 0.717) is 30.2 Å². The van der Waals surface area contributed by atoms with Crippen molar-refractivity contribution >= 4 is 5.91 Å². The van der Waals surface area contributed by atoms with Crippen LogP contribution >= 0.6 is 0 Å². The summed E-state index contributed by atoms with van der Waals surface area (Å²) in [6, 6.07) is 7.79. The number of hydrogen-bond donors (Lipinski definition) is 1. The van der Waals surface area contributed by atoms with Gasteiger partial charge in [0.2, 0.25) is 0 Å². The van der Waals surface area contributed by atoms with E-state index in [1.165, 1.54) is 0 Å². The molecule has 6 heteroatoms. The summed E-state index contributed by atoms with van der Waals surface area (Å²) in [6.07, 6.45) is 0.704. The first-order valence-electron chi connectivity index (χ1n) is 8.01. The van der Waals surface area contributed by atoms with E-state index in [1.54, 1.807) is 14.2 Å². The highest BCUT2D eigenvalue weighted by molar-refractivity contribution is 5.92. The van der Waals surface area contributed by atoms with Gasteiger partial charge >= 0.3 is 0 Å². The van der Waals surface area contributed by atoms with Crippen LogP contribution in [0, 0.1) is 6.92 Å². The number of carbonyl (C=O) groups excluding carboxylic acids is 1. The van der Waals surface area contributed by atoms with Crippen LogP contribution in [0.5, 0.6) is 11.5 Å². The van der Waals surface area contributed by atoms with Crippen LogP contribution < -0.4 is 14.8 Å². The molecule has 1 amide bonds. The molecule has 0 saturated heterocycles. The number of hydrogen-bond acceptors (Lipinski definition) is 4. The minimum atomic E-state index is -0.155. The van der Waals surface area contributed by atoms with Crippen molar-refractivity contribution in [2.24, 2.45) is 0 Å². The van der Waals surface area contributed by atoms with Gasteiger partial charge in [-0.2, -0.15) is 5.10 Å². The standard InChI is InChI=1S/C18H25N3O3/c1-12(2)21-13(3)10-15(20-21)18(22)19-9-8-14-6-7-16(23-4)17(11-14)24-5/h6-7,10-12H,8-9H2,1-5H3,(H,19,22). The molecule has 0 aliphatic heterocycles. The Labute approximate surface area is 142 Å². The summed E-state index contributed by atoms with van der Waals surface area (Å²) in [5.74, 6) is 1.23. The smallest absolute Gasteiger partial charge is 0.271 e. The number of carbonyl (C=O) groups is 1. The van der Waals surface area contributed by atoms with Crippen molar-refractivity contribution in [2.45, 2.75) is 33.2 Å². The zero-order valence-corrected chi connectivity index (χ0v) is 14.9. The Bertz CT molecular complexity index is 708. The number of nitrogens with one attached hydrogen (secondary N) is 1. The number of benzene rings is 1. The van der Waals surface area contributed by atoms with Gasteiger partial charge in [0, 0.05) is 18.3 Å². The number of methoxy groups -OCH3 is 2. The first-order valence-corrected chi connectivity index (χ1v) is 8.01. The third kappa shape index (κ3) is 4.07. The second-order valence-electron chi connectivity index (χ2n) is 5.90. The summed E-state index contributed by atoms with van der Waals surface area (Å²) in [5.41, 5.74) is 2.50. The van der Waals surface area contributed by atoms with Crippen LogP contribution in [-0.2, 0) is 6.42 Å². The lowest BCUT2D eigenvalue weighted by atomic mass is 10.1. The van der Waals surface area contributed by atoms with Gasteiger partial charge in [-0.25, -0.2) is 0 Å². The van der Waals surface area contributed by atoms with Crippen LogP contribution in [0.3, 0.4) is 0 Å². The minimum Gasteiger partial charge on any atom is -0.493 e. The Kier molecular flexibility index (Phi) is 5.84. The molecule has 0 radical (unpaired) electrons. The van der Waals surface area contributed by atoms with E-state index >= 15 is 0 Å². The maximum atomic E-state index is 12.2. The van der Waals surface area contributed by atoms with E-state index in [4.69, 9.17) is 9.47 Å². The topological polar surface area (TPSA) is 65.4 Å². The molecule has 0 fully saturated rings. The van der Waals surface area contributed by atoms with Crippen LogP contribution in [0.15, 0.2) is 24.3 Å². The van der Waals surface area contributed by atoms with Crippen LogP contribution in [0.1, 0.15) is 41.6 Å². The van der Waals surface area contributed by atoms with Crippen molar-refractivity contribution in [1.82, 2.24) is 15.1 Å². The Morgan fingerprint density at radius 3 is 2.50 bits per heavy atom. The first kappa shape index (κ1) is 17.8. The van der Waals surface area contributed by atoms with Gasteiger partial charge in [0.15, 0.2) is 11.5 Å². The first-order chi connectivity index (χ1) is 11.5. The molecule has 0 saturated carbocycles. The van der Waals surface area contributed by atoms with E-state index in [0.717, 1.165) is 11.3 Å². The Hall–Kier alpha value is -2.50. The highest BCUT2D eigenvalue weighted by atomic mass is 16.5. The molecule has 0 unspecified atom stereocenters. The van der Waals surface area contributed by atoms with Crippen LogP contribution in [0.25, 0.3) is 0 Å². The maximum Gasteiger partial charge on any atom is 0.271 e. The highest BCUT2D eigenvalue weighted by Gasteiger charge is 2.13. The average molecular weight is 331 g/mol. The number of amides is 1. The fourth-order valence-electron chi connectivity index (χ4n) is 2.57. The zero-order chi connectivity index (χ0) is 17.7. The van der Waals surface area contributed by atoms with Crippen LogP contribution in [-0.4, -0.2) is 36.5 Å². The molecule has 2 aromatic rings. The predicted octanol–water partition coefficient (Wildman–Crippen LogP) is 2.76. The number of aromatic nitrogens is 2. The van der Waals surface area contributed by atoms with Crippen LogP contribution in [0.2, 0.25) is 0 Å². The predicted molar refractivity (Wildman–Crippen MR) is 92.9 cm³/mol. The lowest BCUT2D eigenvalue weighted by Crippen LogP contribution is -2.26.